The molecule has 0 unspecified atom stereocenters. The Morgan fingerprint density at radius 2 is 0.650 bits per heavy atom. The third kappa shape index (κ3) is 4.70. The molecule has 0 amide bonds. The summed E-state index contributed by atoms with van der Waals surface area (Å²) in [7, 11) is 0. The van der Waals surface area contributed by atoms with E-state index in [9.17, 15) is 0 Å². The van der Waals surface area contributed by atoms with Crippen molar-refractivity contribution in [2.24, 2.45) is 0 Å². The van der Waals surface area contributed by atoms with E-state index in [1.807, 2.05) is 0 Å². The molecule has 2 heteroatoms. The minimum Gasteiger partial charge on any atom is -0.456 e. The molecule has 0 spiro atoms. The van der Waals surface area contributed by atoms with Crippen LogP contribution in [0.3, 0.4) is 0 Å². The molecule has 0 saturated heterocycles. The van der Waals surface area contributed by atoms with Crippen LogP contribution in [0, 0.1) is 0 Å². The van der Waals surface area contributed by atoms with Gasteiger partial charge in [-0.2, -0.15) is 0 Å². The standard InChI is InChI=1S/C58H35NO/c1-2-16-36(17-3-1)55-42-20-4-6-22-44(42)57(45-23-7-5-21-43(45)55)38-30-32-41-50-34-37(31-33-53(50)60-54(41)35-38)56-46-24-8-10-26-48(46)58(49-27-11-9-25-47(49)56)59-51-28-14-12-18-39(51)40-19-13-15-29-52(40)59/h1-35H. The van der Waals surface area contributed by atoms with Crippen LogP contribution in [0.4, 0.5) is 0 Å². The van der Waals surface area contributed by atoms with E-state index in [1.165, 1.54) is 98.4 Å². The zero-order valence-corrected chi connectivity index (χ0v) is 32.6. The van der Waals surface area contributed by atoms with Gasteiger partial charge >= 0.3 is 0 Å². The number of furan rings is 1. The zero-order chi connectivity index (χ0) is 39.3. The Morgan fingerprint density at radius 3 is 1.18 bits per heavy atom. The molecule has 0 aliphatic carbocycles. The fraction of sp³-hybridized carbons (Fsp3) is 0. The lowest BCUT2D eigenvalue weighted by Gasteiger charge is -2.19. The maximum atomic E-state index is 6.74. The smallest absolute Gasteiger partial charge is 0.136 e. The van der Waals surface area contributed by atoms with Crippen LogP contribution in [-0.4, -0.2) is 4.57 Å². The Hall–Kier alpha value is -7.94. The molecule has 0 fully saturated rings. The van der Waals surface area contributed by atoms with Crippen LogP contribution in [0.5, 0.6) is 0 Å². The van der Waals surface area contributed by atoms with Gasteiger partial charge in [0, 0.05) is 32.3 Å². The van der Waals surface area contributed by atoms with E-state index in [0.717, 1.165) is 27.5 Å². The van der Waals surface area contributed by atoms with Crippen molar-refractivity contribution >= 4 is 86.8 Å². The summed E-state index contributed by atoms with van der Waals surface area (Å²) in [5.41, 5.74) is 12.7. The van der Waals surface area contributed by atoms with Gasteiger partial charge in [-0.25, -0.2) is 0 Å². The van der Waals surface area contributed by atoms with Gasteiger partial charge in [0.2, 0.25) is 0 Å². The number of hydrogen-bond acceptors (Lipinski definition) is 1. The largest absolute Gasteiger partial charge is 0.456 e. The maximum Gasteiger partial charge on any atom is 0.136 e. The lowest BCUT2D eigenvalue weighted by atomic mass is 9.86. The zero-order valence-electron chi connectivity index (χ0n) is 32.6. The molecule has 2 nitrogen and oxygen atoms in total. The number of hydrogen-bond donors (Lipinski definition) is 0. The second kappa shape index (κ2) is 12.8. The van der Waals surface area contributed by atoms with E-state index in [0.29, 0.717) is 0 Å². The third-order valence-electron chi connectivity index (χ3n) is 12.7. The van der Waals surface area contributed by atoms with Gasteiger partial charge in [0.15, 0.2) is 0 Å². The summed E-state index contributed by atoms with van der Waals surface area (Å²) in [6, 6.07) is 77.4. The first-order chi connectivity index (χ1) is 29.8. The summed E-state index contributed by atoms with van der Waals surface area (Å²) in [6.07, 6.45) is 0. The Balaban J connectivity index is 1.03. The summed E-state index contributed by atoms with van der Waals surface area (Å²) in [5, 5.41) is 14.6. The molecule has 0 saturated carbocycles. The molecule has 13 aromatic rings. The first kappa shape index (κ1) is 33.1. The van der Waals surface area contributed by atoms with Crippen LogP contribution in [-0.2, 0) is 0 Å². The van der Waals surface area contributed by atoms with Crippen molar-refractivity contribution in [1.29, 1.82) is 0 Å². The highest BCUT2D eigenvalue weighted by Crippen LogP contribution is 2.47. The van der Waals surface area contributed by atoms with Gasteiger partial charge in [0.25, 0.3) is 0 Å². The van der Waals surface area contributed by atoms with Gasteiger partial charge in [0.1, 0.15) is 11.2 Å². The molecule has 2 aromatic heterocycles. The molecule has 278 valence electrons. The summed E-state index contributed by atoms with van der Waals surface area (Å²) in [4.78, 5) is 0. The number of nitrogens with zero attached hydrogens (tertiary/aromatic N) is 1. The molecule has 0 bridgehead atoms. The fourth-order valence-corrected chi connectivity index (χ4v) is 10.3. The number of rotatable bonds is 4. The van der Waals surface area contributed by atoms with Crippen LogP contribution in [0.2, 0.25) is 0 Å². The van der Waals surface area contributed by atoms with E-state index < -0.39 is 0 Å². The van der Waals surface area contributed by atoms with Gasteiger partial charge in [0.05, 0.1) is 16.7 Å². The van der Waals surface area contributed by atoms with E-state index in [4.69, 9.17) is 4.42 Å². The minimum absolute atomic E-state index is 0.885. The second-order valence-corrected chi connectivity index (χ2v) is 15.9. The molecule has 11 aromatic carbocycles. The number of para-hydroxylation sites is 2. The maximum absolute atomic E-state index is 6.74. The minimum atomic E-state index is 0.885. The normalized spacial score (nSPS) is 12.0. The van der Waals surface area contributed by atoms with Gasteiger partial charge in [-0.3, -0.25) is 0 Å². The third-order valence-corrected chi connectivity index (χ3v) is 12.7. The highest BCUT2D eigenvalue weighted by molar-refractivity contribution is 6.24. The Labute approximate surface area is 345 Å². The summed E-state index contributed by atoms with van der Waals surface area (Å²) in [6.45, 7) is 0. The summed E-state index contributed by atoms with van der Waals surface area (Å²) in [5.74, 6) is 0. The van der Waals surface area contributed by atoms with Crippen molar-refractivity contribution in [2.45, 2.75) is 0 Å². The van der Waals surface area contributed by atoms with Crippen LogP contribution in [0.1, 0.15) is 0 Å². The van der Waals surface area contributed by atoms with Crippen LogP contribution in [0.25, 0.3) is 126 Å². The molecule has 0 radical (unpaired) electrons. The summed E-state index contributed by atoms with van der Waals surface area (Å²) >= 11 is 0. The topological polar surface area (TPSA) is 18.1 Å². The Morgan fingerprint density at radius 1 is 0.250 bits per heavy atom. The van der Waals surface area contributed by atoms with Crippen LogP contribution < -0.4 is 0 Å². The molecule has 0 atom stereocenters. The van der Waals surface area contributed by atoms with E-state index in [-0.39, 0.29) is 0 Å². The molecule has 0 aliphatic rings. The first-order valence-corrected chi connectivity index (χ1v) is 20.7. The SMILES string of the molecule is c1ccc(-c2c3ccccc3c(-c3ccc4c(c3)oc3ccc(-c5c6ccccc6c(-n6c7ccccc7c7ccccc76)c6ccccc56)cc34)c3ccccc23)cc1. The van der Waals surface area contributed by atoms with Crippen molar-refractivity contribution in [3.05, 3.63) is 212 Å². The summed E-state index contributed by atoms with van der Waals surface area (Å²) < 4.78 is 9.22. The number of benzene rings is 11. The van der Waals surface area contributed by atoms with E-state index in [2.05, 4.69) is 217 Å². The molecule has 0 aliphatic heterocycles. The highest BCUT2D eigenvalue weighted by atomic mass is 16.3. The molecular formula is C58H35NO. The molecule has 0 N–H and O–H groups in total. The second-order valence-electron chi connectivity index (χ2n) is 15.9. The average Bonchev–Trinajstić information content (AvgIpc) is 3.85. The first-order valence-electron chi connectivity index (χ1n) is 20.7. The van der Waals surface area contributed by atoms with Crippen molar-refractivity contribution in [1.82, 2.24) is 4.57 Å². The van der Waals surface area contributed by atoms with Gasteiger partial charge in [-0.15, -0.1) is 0 Å². The molecule has 13 rings (SSSR count). The monoisotopic (exact) mass is 761 g/mol. The lowest BCUT2D eigenvalue weighted by molar-refractivity contribution is 0.669. The predicted molar refractivity (Wildman–Crippen MR) is 254 cm³/mol. The van der Waals surface area contributed by atoms with Crippen molar-refractivity contribution in [3.8, 4) is 39.1 Å². The molecule has 2 heterocycles. The fourth-order valence-electron chi connectivity index (χ4n) is 10.3. The predicted octanol–water partition coefficient (Wildman–Crippen LogP) is 16.3. The Kier molecular flexibility index (Phi) is 7.05. The highest BCUT2D eigenvalue weighted by Gasteiger charge is 2.22. The van der Waals surface area contributed by atoms with Gasteiger partial charge in [-0.1, -0.05) is 176 Å². The molecular weight excluding hydrogens is 727 g/mol. The van der Waals surface area contributed by atoms with Gasteiger partial charge < -0.3 is 8.98 Å². The van der Waals surface area contributed by atoms with E-state index >= 15 is 0 Å². The van der Waals surface area contributed by atoms with Crippen LogP contribution >= 0.6 is 0 Å². The van der Waals surface area contributed by atoms with Crippen molar-refractivity contribution in [3.63, 3.8) is 0 Å². The van der Waals surface area contributed by atoms with Gasteiger partial charge in [-0.05, 0) is 102 Å². The Bertz CT molecular complexity index is 3720. The lowest BCUT2D eigenvalue weighted by Crippen LogP contribution is -1.99. The van der Waals surface area contributed by atoms with Crippen LogP contribution in [0.15, 0.2) is 217 Å². The number of aromatic nitrogens is 1. The average molecular weight is 762 g/mol. The van der Waals surface area contributed by atoms with Crippen molar-refractivity contribution < 1.29 is 4.42 Å². The quantitative estimate of drug-likeness (QED) is 0.163. The molecule has 60 heavy (non-hydrogen) atoms. The van der Waals surface area contributed by atoms with E-state index in [1.54, 1.807) is 0 Å². The number of fused-ring (bicyclic) bond motifs is 10. The van der Waals surface area contributed by atoms with Crippen molar-refractivity contribution in [2.75, 3.05) is 0 Å².